The lowest BCUT2D eigenvalue weighted by Gasteiger charge is -2.44. The van der Waals surface area contributed by atoms with Crippen LogP contribution in [0, 0.1) is 0 Å². The highest BCUT2D eigenvalue weighted by Crippen LogP contribution is 2.90. The first kappa shape index (κ1) is 42.5. The molecule has 0 saturated heterocycles. The Bertz CT molecular complexity index is 1030. The molecule has 0 saturated carbocycles. The van der Waals surface area contributed by atoms with Crippen LogP contribution in [0.15, 0.2) is 0 Å². The molecule has 0 nitrogen and oxygen atoms in total. The molecule has 0 fully saturated rings. The summed E-state index contributed by atoms with van der Waals surface area (Å²) >= 11 is 0. The standard InChI is InChI=1S/C12F30PSi/c13-1(14,3(17,18)5(21,22)7(25,26)27)2(15,16)4(19,20)6(23,24)9(31,32)43(41,42)44(11(35,36)37,12(38,39)40)10(33,34)8(28,29)30/q+1. The van der Waals surface area contributed by atoms with Crippen LogP contribution in [0.4, 0.5) is 131 Å². The smallest absolute Gasteiger partial charge is 0.195 e. The Morgan fingerprint density at radius 1 is 0.295 bits per heavy atom. The van der Waals surface area contributed by atoms with Crippen molar-refractivity contribution in [2.75, 3.05) is 0 Å². The molecule has 0 aromatic heterocycles. The molecule has 0 aromatic carbocycles. The fraction of sp³-hybridized carbons (Fsp3) is 1.00. The van der Waals surface area contributed by atoms with Crippen LogP contribution in [0.5, 0.6) is 0 Å². The maximum atomic E-state index is 14.2. The summed E-state index contributed by atoms with van der Waals surface area (Å²) in [5, 5.41) is 0. The van der Waals surface area contributed by atoms with E-state index in [1.807, 2.05) is 0 Å². The number of halogens is 30. The second kappa shape index (κ2) is 10.0. The largest absolute Gasteiger partial charge is 0.621 e. The summed E-state index contributed by atoms with van der Waals surface area (Å²) in [7, 11) is -24.4. The molecule has 0 heterocycles. The van der Waals surface area contributed by atoms with Gasteiger partial charge in [0.25, 0.3) is 0 Å². The molecule has 0 radical (unpaired) electrons. The fourth-order valence-corrected chi connectivity index (χ4v) is 11.1. The first-order valence-electron chi connectivity index (χ1n) is 8.83. The maximum Gasteiger partial charge on any atom is 0.621 e. The fourth-order valence-electron chi connectivity index (χ4n) is 2.76. The average Bonchev–Trinajstić information content (AvgIpc) is 2.68. The van der Waals surface area contributed by atoms with Gasteiger partial charge in [-0.05, 0) is 8.39 Å². The van der Waals surface area contributed by atoms with E-state index in [-0.39, 0.29) is 0 Å². The molecule has 44 heavy (non-hydrogen) atoms. The van der Waals surface area contributed by atoms with E-state index in [0.717, 1.165) is 0 Å². The van der Waals surface area contributed by atoms with Crippen molar-refractivity contribution >= 4 is 15.2 Å². The number of rotatable bonds is 9. The summed E-state index contributed by atoms with van der Waals surface area (Å²) in [6, 6.07) is 0. The minimum atomic E-state index is -12.4. The zero-order valence-corrected chi connectivity index (χ0v) is 20.2. The molecular formula is C12F30PSi+. The second-order valence-electron chi connectivity index (χ2n) is 7.78. The Balaban J connectivity index is 8.12. The van der Waals surface area contributed by atoms with Gasteiger partial charge in [0.1, 0.15) is 0 Å². The summed E-state index contributed by atoms with van der Waals surface area (Å²) in [5.74, 6) is -76.6. The summed E-state index contributed by atoms with van der Waals surface area (Å²) < 4.78 is 394. The SMILES string of the molecule is FC(F)(F)C(F)(F)C(F)(F)C(F)(F)C(F)(F)C(F)(F)C(F)(F)C(F)(F)[P+](F)(F)[Si](C(F)(F)F)(C(F)(F)F)C(F)(F)C(F)(F)F. The van der Waals surface area contributed by atoms with Crippen LogP contribution < -0.4 is 0 Å². The van der Waals surface area contributed by atoms with E-state index in [1.54, 1.807) is 0 Å². The van der Waals surface area contributed by atoms with Crippen LogP contribution in [0.1, 0.15) is 0 Å². The van der Waals surface area contributed by atoms with Crippen LogP contribution in [0.25, 0.3) is 0 Å². The molecule has 0 aliphatic rings. The zero-order valence-electron chi connectivity index (χ0n) is 18.3. The van der Waals surface area contributed by atoms with Gasteiger partial charge in [-0.15, -0.1) is 0 Å². The summed E-state index contributed by atoms with van der Waals surface area (Å²) in [6.07, 6.45) is -17.2. The van der Waals surface area contributed by atoms with Crippen molar-refractivity contribution in [3.05, 3.63) is 0 Å². The summed E-state index contributed by atoms with van der Waals surface area (Å²) in [5.41, 5.74) is -19.7. The van der Waals surface area contributed by atoms with Gasteiger partial charge in [0.2, 0.25) is 0 Å². The molecule has 0 atom stereocenters. The van der Waals surface area contributed by atoms with E-state index < -0.39 is 85.9 Å². The number of hydrogen-bond acceptors (Lipinski definition) is 0. The molecule has 0 aliphatic carbocycles. The van der Waals surface area contributed by atoms with Gasteiger partial charge in [0, 0.05) is 0 Å². The predicted molar refractivity (Wildman–Crippen MR) is 78.7 cm³/mol. The summed E-state index contributed by atoms with van der Waals surface area (Å²) in [4.78, 5) is 0. The average molecular weight is 773 g/mol. The van der Waals surface area contributed by atoms with E-state index in [1.165, 1.54) is 0 Å². The first-order valence-corrected chi connectivity index (χ1v) is 13.2. The van der Waals surface area contributed by atoms with Gasteiger partial charge in [0.15, 0.2) is 0 Å². The van der Waals surface area contributed by atoms with Crippen molar-refractivity contribution in [2.45, 2.75) is 70.7 Å². The van der Waals surface area contributed by atoms with Crippen molar-refractivity contribution in [1.82, 2.24) is 0 Å². The van der Waals surface area contributed by atoms with Crippen molar-refractivity contribution < 1.29 is 131 Å². The molecule has 0 bridgehead atoms. The van der Waals surface area contributed by atoms with Crippen molar-refractivity contribution in [3.63, 3.8) is 0 Å². The molecule has 0 aliphatic heterocycles. The minimum absolute atomic E-state index is 8.34. The minimum Gasteiger partial charge on any atom is -0.195 e. The lowest BCUT2D eigenvalue weighted by atomic mass is 9.91. The zero-order chi connectivity index (χ0) is 37.0. The van der Waals surface area contributed by atoms with Crippen LogP contribution >= 0.6 is 7.43 Å². The third kappa shape index (κ3) is 4.75. The second-order valence-corrected chi connectivity index (χ2v) is 16.2. The van der Waals surface area contributed by atoms with Gasteiger partial charge in [-0.2, -0.15) is 123 Å². The Morgan fingerprint density at radius 2 is 0.523 bits per heavy atom. The molecule has 32 heteroatoms. The third-order valence-corrected chi connectivity index (χ3v) is 15.5. The first-order chi connectivity index (χ1) is 18.2. The van der Waals surface area contributed by atoms with Crippen LogP contribution in [0.2, 0.25) is 0 Å². The van der Waals surface area contributed by atoms with E-state index in [4.69, 9.17) is 0 Å². The molecule has 0 N–H and O–H groups in total. The highest BCUT2D eigenvalue weighted by molar-refractivity contribution is 8.03. The molecule has 0 amide bonds. The van der Waals surface area contributed by atoms with E-state index in [2.05, 4.69) is 0 Å². The van der Waals surface area contributed by atoms with E-state index >= 15 is 0 Å². The van der Waals surface area contributed by atoms with Gasteiger partial charge >= 0.3 is 85.9 Å². The van der Waals surface area contributed by atoms with Crippen molar-refractivity contribution in [2.24, 2.45) is 0 Å². The number of alkyl halides is 28. The van der Waals surface area contributed by atoms with Gasteiger partial charge in [0.05, 0.1) is 0 Å². The molecule has 266 valence electrons. The third-order valence-electron chi connectivity index (χ3n) is 5.11. The highest BCUT2D eigenvalue weighted by Gasteiger charge is 3.15. The lowest BCUT2D eigenvalue weighted by Crippen LogP contribution is -2.80. The van der Waals surface area contributed by atoms with Gasteiger partial charge in [-0.3, -0.25) is 0 Å². The normalized spacial score (nSPS) is 17.3. The van der Waals surface area contributed by atoms with Crippen LogP contribution in [-0.2, 0) is 0 Å². The van der Waals surface area contributed by atoms with E-state index in [9.17, 15) is 131 Å². The lowest BCUT2D eigenvalue weighted by molar-refractivity contribution is -0.458. The summed E-state index contributed by atoms with van der Waals surface area (Å²) in [6.45, 7) is 0. The van der Waals surface area contributed by atoms with Gasteiger partial charge in [-0.1, -0.05) is 0 Å². The van der Waals surface area contributed by atoms with Gasteiger partial charge in [-0.25, -0.2) is 0 Å². The molecule has 0 rings (SSSR count). The van der Waals surface area contributed by atoms with Crippen molar-refractivity contribution in [1.29, 1.82) is 0 Å². The Kier molecular flexibility index (Phi) is 9.69. The topological polar surface area (TPSA) is 0 Å². The maximum absolute atomic E-state index is 14.2. The monoisotopic (exact) mass is 773 g/mol. The number of hydrogen-bond donors (Lipinski definition) is 0. The molecule has 0 spiro atoms. The van der Waals surface area contributed by atoms with E-state index in [0.29, 0.717) is 0 Å². The Hall–Kier alpha value is -1.45. The predicted octanol–water partition coefficient (Wildman–Crippen LogP) is 10.6. The highest BCUT2D eigenvalue weighted by atomic mass is 31.5. The molecular weight excluding hydrogens is 773 g/mol. The van der Waals surface area contributed by atoms with Crippen LogP contribution in [-0.4, -0.2) is 78.4 Å². The Labute approximate surface area is 218 Å². The molecule has 0 aromatic rings. The van der Waals surface area contributed by atoms with Gasteiger partial charge < -0.3 is 0 Å². The Morgan fingerprint density at radius 3 is 0.727 bits per heavy atom. The van der Waals surface area contributed by atoms with Crippen molar-refractivity contribution in [3.8, 4) is 0 Å². The molecule has 0 unspecified atom stereocenters. The van der Waals surface area contributed by atoms with Crippen LogP contribution in [0.3, 0.4) is 0 Å². The quantitative estimate of drug-likeness (QED) is 0.124.